The molecule has 1 aromatic heterocycles. The fourth-order valence-electron chi connectivity index (χ4n) is 3.63. The van der Waals surface area contributed by atoms with Crippen molar-refractivity contribution in [2.75, 3.05) is 13.1 Å². The van der Waals surface area contributed by atoms with Gasteiger partial charge in [0, 0.05) is 25.2 Å². The van der Waals surface area contributed by atoms with Gasteiger partial charge < -0.3 is 5.32 Å². The van der Waals surface area contributed by atoms with E-state index in [-0.39, 0.29) is 0 Å². The van der Waals surface area contributed by atoms with Crippen LogP contribution in [0.25, 0.3) is 28.1 Å². The summed E-state index contributed by atoms with van der Waals surface area (Å²) in [7, 11) is 1.96. The maximum absolute atomic E-state index is 4.45. The van der Waals surface area contributed by atoms with E-state index in [1.165, 1.54) is 38.8 Å². The maximum atomic E-state index is 4.45. The highest BCUT2D eigenvalue weighted by Crippen LogP contribution is 2.26. The van der Waals surface area contributed by atoms with Gasteiger partial charge in [0.15, 0.2) is 0 Å². The summed E-state index contributed by atoms with van der Waals surface area (Å²) in [5.74, 6) is 0. The molecule has 1 aliphatic rings. The molecule has 3 nitrogen and oxygen atoms in total. The summed E-state index contributed by atoms with van der Waals surface area (Å²) in [6.07, 6.45) is 7.77. The number of nitrogens with zero attached hydrogens (tertiary/aromatic N) is 2. The molecule has 4 rings (SSSR count). The Morgan fingerprint density at radius 2 is 2.08 bits per heavy atom. The highest BCUT2D eigenvalue weighted by molar-refractivity contribution is 5.87. The van der Waals surface area contributed by atoms with Crippen molar-refractivity contribution in [3.63, 3.8) is 0 Å². The number of nitrogens with one attached hydrogen (secondary N) is 1. The van der Waals surface area contributed by atoms with Gasteiger partial charge in [0.2, 0.25) is 0 Å². The molecule has 26 heavy (non-hydrogen) atoms. The molecule has 0 fully saturated rings. The molecule has 3 heteroatoms. The Hall–Kier alpha value is -2.65. The van der Waals surface area contributed by atoms with Crippen LogP contribution in [-0.4, -0.2) is 22.9 Å². The Bertz CT molecular complexity index is 1020. The van der Waals surface area contributed by atoms with Crippen molar-refractivity contribution in [2.45, 2.75) is 20.3 Å². The summed E-state index contributed by atoms with van der Waals surface area (Å²) in [6.45, 7) is 6.43. The zero-order valence-corrected chi connectivity index (χ0v) is 15.7. The number of rotatable bonds is 3. The molecule has 0 aliphatic carbocycles. The number of hydrogen-bond donors (Lipinski definition) is 1. The number of hydrogen-bond acceptors (Lipinski definition) is 2. The molecular formula is C23H25N3. The van der Waals surface area contributed by atoms with E-state index in [0.717, 1.165) is 25.0 Å². The average molecular weight is 343 g/mol. The monoisotopic (exact) mass is 343 g/mol. The number of fused-ring (bicyclic) bond motifs is 1. The lowest BCUT2D eigenvalue weighted by Crippen LogP contribution is -2.20. The number of aromatic nitrogens is 2. The minimum absolute atomic E-state index is 0.978. The van der Waals surface area contributed by atoms with E-state index >= 15 is 0 Å². The van der Waals surface area contributed by atoms with Crippen LogP contribution in [0, 0.1) is 6.92 Å². The van der Waals surface area contributed by atoms with Gasteiger partial charge in [-0.15, -0.1) is 0 Å². The van der Waals surface area contributed by atoms with Crippen molar-refractivity contribution in [2.24, 2.45) is 7.05 Å². The van der Waals surface area contributed by atoms with Crippen molar-refractivity contribution in [1.29, 1.82) is 0 Å². The van der Waals surface area contributed by atoms with E-state index in [0.29, 0.717) is 0 Å². The van der Waals surface area contributed by atoms with Crippen molar-refractivity contribution < 1.29 is 0 Å². The summed E-state index contributed by atoms with van der Waals surface area (Å²) < 4.78 is 1.87. The third-order valence-corrected chi connectivity index (χ3v) is 5.15. The molecule has 0 amide bonds. The molecule has 1 N–H and O–H groups in total. The van der Waals surface area contributed by atoms with Crippen LogP contribution < -0.4 is 5.32 Å². The normalized spacial score (nSPS) is 15.3. The van der Waals surface area contributed by atoms with Crippen LogP contribution in [0.4, 0.5) is 0 Å². The third-order valence-electron chi connectivity index (χ3n) is 5.15. The Labute approximate surface area is 155 Å². The van der Waals surface area contributed by atoms with Gasteiger partial charge in [-0.05, 0) is 72.3 Å². The Balaban J connectivity index is 1.64. The van der Waals surface area contributed by atoms with Crippen LogP contribution in [0.15, 0.2) is 48.7 Å². The van der Waals surface area contributed by atoms with Crippen LogP contribution in [0.2, 0.25) is 0 Å². The fraction of sp³-hybridized carbons (Fsp3) is 0.261. The molecule has 0 unspecified atom stereocenters. The smallest absolute Gasteiger partial charge is 0.0923 e. The van der Waals surface area contributed by atoms with Gasteiger partial charge in [-0.25, -0.2) is 0 Å². The second kappa shape index (κ2) is 6.93. The Kier molecular flexibility index (Phi) is 4.48. The molecule has 2 aromatic carbocycles. The van der Waals surface area contributed by atoms with Crippen LogP contribution in [0.1, 0.15) is 35.6 Å². The first-order valence-corrected chi connectivity index (χ1v) is 9.23. The lowest BCUT2D eigenvalue weighted by atomic mass is 9.95. The molecule has 0 spiro atoms. The van der Waals surface area contributed by atoms with Crippen molar-refractivity contribution in [1.82, 2.24) is 15.1 Å². The lowest BCUT2D eigenvalue weighted by molar-refractivity contribution is 0.738. The number of allylic oxidation sites excluding steroid dienone is 1. The second-order valence-electron chi connectivity index (χ2n) is 7.16. The maximum Gasteiger partial charge on any atom is 0.0923 e. The third kappa shape index (κ3) is 3.35. The largest absolute Gasteiger partial charge is 0.313 e. The van der Waals surface area contributed by atoms with E-state index in [9.17, 15) is 0 Å². The van der Waals surface area contributed by atoms with Crippen LogP contribution in [0.3, 0.4) is 0 Å². The lowest BCUT2D eigenvalue weighted by Gasteiger charge is -2.15. The quantitative estimate of drug-likeness (QED) is 0.691. The van der Waals surface area contributed by atoms with Crippen LogP contribution in [0.5, 0.6) is 0 Å². The van der Waals surface area contributed by atoms with Gasteiger partial charge in [0.05, 0.1) is 5.52 Å². The predicted molar refractivity (Wildman–Crippen MR) is 111 cm³/mol. The molecule has 0 bridgehead atoms. The molecule has 0 atom stereocenters. The molecular weight excluding hydrogens is 318 g/mol. The Morgan fingerprint density at radius 1 is 1.19 bits per heavy atom. The predicted octanol–water partition coefficient (Wildman–Crippen LogP) is 4.82. The zero-order valence-electron chi connectivity index (χ0n) is 15.7. The van der Waals surface area contributed by atoms with Gasteiger partial charge in [-0.3, -0.25) is 4.68 Å². The van der Waals surface area contributed by atoms with Crippen molar-refractivity contribution in [3.05, 3.63) is 70.9 Å². The number of benzene rings is 2. The van der Waals surface area contributed by atoms with Gasteiger partial charge in [0.25, 0.3) is 0 Å². The van der Waals surface area contributed by atoms with Crippen molar-refractivity contribution >= 4 is 28.1 Å². The molecule has 0 saturated carbocycles. The summed E-state index contributed by atoms with van der Waals surface area (Å²) in [4.78, 5) is 0. The van der Waals surface area contributed by atoms with E-state index in [2.05, 4.69) is 79.0 Å². The van der Waals surface area contributed by atoms with E-state index < -0.39 is 0 Å². The fourth-order valence-corrected chi connectivity index (χ4v) is 3.63. The van der Waals surface area contributed by atoms with E-state index in [4.69, 9.17) is 0 Å². The van der Waals surface area contributed by atoms with E-state index in [1.807, 2.05) is 11.7 Å². The average Bonchev–Trinajstić information content (AvgIpc) is 3.03. The topological polar surface area (TPSA) is 29.9 Å². The van der Waals surface area contributed by atoms with Crippen molar-refractivity contribution in [3.8, 4) is 0 Å². The van der Waals surface area contributed by atoms with Gasteiger partial charge in [-0.2, -0.15) is 5.10 Å². The molecule has 1 aliphatic heterocycles. The van der Waals surface area contributed by atoms with Gasteiger partial charge >= 0.3 is 0 Å². The SMILES string of the molecule is C/C(=C\c1ccc(C2=CCNCC2)cc1C)c1ccc2nn(C)cc2c1. The van der Waals surface area contributed by atoms with E-state index in [1.54, 1.807) is 0 Å². The molecule has 0 saturated heterocycles. The molecule has 132 valence electrons. The number of aryl methyl sites for hydroxylation is 2. The molecule has 2 heterocycles. The molecule has 3 aromatic rings. The van der Waals surface area contributed by atoms with Crippen LogP contribution >= 0.6 is 0 Å². The minimum Gasteiger partial charge on any atom is -0.313 e. The first-order chi connectivity index (χ1) is 12.6. The zero-order chi connectivity index (χ0) is 18.1. The summed E-state index contributed by atoms with van der Waals surface area (Å²) in [5.41, 5.74) is 8.98. The highest BCUT2D eigenvalue weighted by Gasteiger charge is 2.08. The summed E-state index contributed by atoms with van der Waals surface area (Å²) >= 11 is 0. The van der Waals surface area contributed by atoms with Gasteiger partial charge in [0.1, 0.15) is 0 Å². The molecule has 0 radical (unpaired) electrons. The summed E-state index contributed by atoms with van der Waals surface area (Å²) in [5, 5.41) is 9.01. The second-order valence-corrected chi connectivity index (χ2v) is 7.16. The highest BCUT2D eigenvalue weighted by atomic mass is 15.2. The first-order valence-electron chi connectivity index (χ1n) is 9.23. The summed E-state index contributed by atoms with van der Waals surface area (Å²) in [6, 6.07) is 13.3. The standard InChI is InChI=1S/C23H25N3/c1-16(20-6-7-23-22(14-20)15-26(3)25-23)12-19-4-5-21(13-17(19)2)18-8-10-24-11-9-18/h4-8,12-15,24H,9-11H2,1-3H3/b16-12+. The minimum atomic E-state index is 0.978. The Morgan fingerprint density at radius 3 is 2.85 bits per heavy atom. The first kappa shape index (κ1) is 16.8. The van der Waals surface area contributed by atoms with Gasteiger partial charge in [-0.1, -0.05) is 36.4 Å². The van der Waals surface area contributed by atoms with Crippen LogP contribution in [-0.2, 0) is 7.05 Å².